The maximum absolute atomic E-state index is 12.2. The quantitative estimate of drug-likeness (QED) is 0.647. The molecular weight excluding hydrogens is 396 g/mol. The summed E-state index contributed by atoms with van der Waals surface area (Å²) in [4.78, 5) is 12.2. The van der Waals surface area contributed by atoms with E-state index in [-0.39, 0.29) is 18.3 Å². The Morgan fingerprint density at radius 2 is 2.12 bits per heavy atom. The maximum atomic E-state index is 12.2. The molecule has 1 aromatic carbocycles. The molecule has 2 rings (SSSR count). The maximum Gasteiger partial charge on any atom is 0.254 e. The lowest BCUT2D eigenvalue weighted by Crippen LogP contribution is -2.33. The van der Waals surface area contributed by atoms with Gasteiger partial charge in [0.2, 0.25) is 0 Å². The molecule has 2 aromatic rings. The number of ether oxygens (including phenoxy) is 1. The Morgan fingerprint density at radius 1 is 1.33 bits per heavy atom. The van der Waals surface area contributed by atoms with E-state index >= 15 is 0 Å². The molecule has 0 aliphatic heterocycles. The third-order valence-corrected chi connectivity index (χ3v) is 3.87. The predicted octanol–water partition coefficient (Wildman–Crippen LogP) is 2.33. The molecule has 2 N–H and O–H groups in total. The monoisotopic (exact) mass is 416 g/mol. The van der Waals surface area contributed by atoms with Gasteiger partial charge in [0, 0.05) is 31.2 Å². The van der Waals surface area contributed by atoms with Crippen LogP contribution in [0.1, 0.15) is 16.1 Å². The normalized spacial score (nSPS) is 10.3. The van der Waals surface area contributed by atoms with E-state index in [0.717, 1.165) is 22.4 Å². The zero-order valence-corrected chi connectivity index (χ0v) is 16.1. The molecule has 0 radical (unpaired) electrons. The standard InChI is InChI=1S/C16H21BrN4O2.ClH/c1-12-15(16(22)19-7-6-18-8-9-23-2)11-20-21(12)14-5-3-4-13(17)10-14;/h3-5,10-11,18H,6-9H2,1-2H3,(H,19,22);1H. The van der Waals surface area contributed by atoms with Crippen molar-refractivity contribution in [3.63, 3.8) is 0 Å². The SMILES string of the molecule is COCCNCCNC(=O)c1cnn(-c2cccc(Br)c2)c1C.Cl. The number of halogens is 2. The van der Waals surface area contributed by atoms with Crippen molar-refractivity contribution in [2.75, 3.05) is 33.4 Å². The lowest BCUT2D eigenvalue weighted by molar-refractivity contribution is 0.0953. The predicted molar refractivity (Wildman–Crippen MR) is 100 cm³/mol. The summed E-state index contributed by atoms with van der Waals surface area (Å²) >= 11 is 3.44. The Hall–Kier alpha value is -1.41. The lowest BCUT2D eigenvalue weighted by Gasteiger charge is -2.07. The van der Waals surface area contributed by atoms with E-state index in [4.69, 9.17) is 4.74 Å². The number of carbonyl (C=O) groups is 1. The molecule has 0 fully saturated rings. The van der Waals surface area contributed by atoms with E-state index in [9.17, 15) is 4.79 Å². The van der Waals surface area contributed by atoms with Gasteiger partial charge in [-0.15, -0.1) is 12.4 Å². The number of hydrogen-bond donors (Lipinski definition) is 2. The third kappa shape index (κ3) is 5.59. The summed E-state index contributed by atoms with van der Waals surface area (Å²) in [6.07, 6.45) is 1.60. The number of nitrogens with zero attached hydrogens (tertiary/aromatic N) is 2. The van der Waals surface area contributed by atoms with E-state index in [1.54, 1.807) is 18.0 Å². The van der Waals surface area contributed by atoms with Crippen molar-refractivity contribution in [3.8, 4) is 5.69 Å². The largest absolute Gasteiger partial charge is 0.383 e. The number of aromatic nitrogens is 2. The molecule has 0 aliphatic carbocycles. The molecule has 1 heterocycles. The molecular formula is C16H22BrClN4O2. The summed E-state index contributed by atoms with van der Waals surface area (Å²) in [5.74, 6) is -0.114. The minimum atomic E-state index is -0.114. The van der Waals surface area contributed by atoms with E-state index in [0.29, 0.717) is 25.3 Å². The molecule has 0 bridgehead atoms. The van der Waals surface area contributed by atoms with Crippen LogP contribution in [0.5, 0.6) is 0 Å². The summed E-state index contributed by atoms with van der Waals surface area (Å²) in [7, 11) is 1.66. The van der Waals surface area contributed by atoms with Crippen LogP contribution >= 0.6 is 28.3 Å². The van der Waals surface area contributed by atoms with Crippen LogP contribution in [-0.4, -0.2) is 49.0 Å². The minimum Gasteiger partial charge on any atom is -0.383 e. The van der Waals surface area contributed by atoms with Crippen LogP contribution < -0.4 is 10.6 Å². The first kappa shape index (κ1) is 20.6. The van der Waals surface area contributed by atoms with Gasteiger partial charge in [0.05, 0.1) is 29.7 Å². The molecule has 1 aromatic heterocycles. The number of amides is 1. The summed E-state index contributed by atoms with van der Waals surface area (Å²) < 4.78 is 7.67. The molecule has 0 saturated heterocycles. The van der Waals surface area contributed by atoms with Gasteiger partial charge < -0.3 is 15.4 Å². The molecule has 1 amide bonds. The number of carbonyl (C=O) groups excluding carboxylic acids is 1. The summed E-state index contributed by atoms with van der Waals surface area (Å²) in [5, 5.41) is 10.4. The van der Waals surface area contributed by atoms with Crippen molar-refractivity contribution in [1.82, 2.24) is 20.4 Å². The Bertz CT molecular complexity index is 663. The second-order valence-corrected chi connectivity index (χ2v) is 5.95. The Kier molecular flexibility index (Phi) is 8.99. The Balaban J connectivity index is 0.00000288. The van der Waals surface area contributed by atoms with Crippen LogP contribution in [0.15, 0.2) is 34.9 Å². The zero-order valence-electron chi connectivity index (χ0n) is 13.7. The highest BCUT2D eigenvalue weighted by Crippen LogP contribution is 2.18. The molecule has 24 heavy (non-hydrogen) atoms. The van der Waals surface area contributed by atoms with Crippen molar-refractivity contribution < 1.29 is 9.53 Å². The van der Waals surface area contributed by atoms with Crippen molar-refractivity contribution in [1.29, 1.82) is 0 Å². The smallest absolute Gasteiger partial charge is 0.254 e. The van der Waals surface area contributed by atoms with E-state index < -0.39 is 0 Å². The number of nitrogens with one attached hydrogen (secondary N) is 2. The van der Waals surface area contributed by atoms with Crippen LogP contribution in [0, 0.1) is 6.92 Å². The van der Waals surface area contributed by atoms with Crippen molar-refractivity contribution in [3.05, 3.63) is 46.2 Å². The first-order valence-corrected chi connectivity index (χ1v) is 8.21. The highest BCUT2D eigenvalue weighted by Gasteiger charge is 2.14. The first-order chi connectivity index (χ1) is 11.1. The lowest BCUT2D eigenvalue weighted by atomic mass is 10.2. The van der Waals surface area contributed by atoms with Gasteiger partial charge >= 0.3 is 0 Å². The van der Waals surface area contributed by atoms with Crippen LogP contribution in [0.2, 0.25) is 0 Å². The van der Waals surface area contributed by atoms with Crippen LogP contribution in [0.4, 0.5) is 0 Å². The van der Waals surface area contributed by atoms with Gasteiger partial charge in [-0.05, 0) is 25.1 Å². The number of benzene rings is 1. The van der Waals surface area contributed by atoms with Crippen molar-refractivity contribution in [2.45, 2.75) is 6.92 Å². The van der Waals surface area contributed by atoms with Crippen molar-refractivity contribution in [2.24, 2.45) is 0 Å². The number of methoxy groups -OCH3 is 1. The summed E-state index contributed by atoms with van der Waals surface area (Å²) in [6, 6.07) is 7.80. The van der Waals surface area contributed by atoms with E-state index in [1.807, 2.05) is 31.2 Å². The molecule has 0 saturated carbocycles. The van der Waals surface area contributed by atoms with Crippen LogP contribution in [-0.2, 0) is 4.74 Å². The fourth-order valence-electron chi connectivity index (χ4n) is 2.16. The topological polar surface area (TPSA) is 68.2 Å². The first-order valence-electron chi connectivity index (χ1n) is 7.42. The molecule has 0 unspecified atom stereocenters. The molecule has 132 valence electrons. The Morgan fingerprint density at radius 3 is 2.83 bits per heavy atom. The second kappa shape index (κ2) is 10.5. The van der Waals surface area contributed by atoms with E-state index in [2.05, 4.69) is 31.7 Å². The molecule has 6 nitrogen and oxygen atoms in total. The highest BCUT2D eigenvalue weighted by atomic mass is 79.9. The van der Waals surface area contributed by atoms with Gasteiger partial charge in [-0.25, -0.2) is 4.68 Å². The number of rotatable bonds is 8. The van der Waals surface area contributed by atoms with Crippen molar-refractivity contribution >= 4 is 34.2 Å². The van der Waals surface area contributed by atoms with Gasteiger partial charge in [0.1, 0.15) is 0 Å². The Labute approximate surface area is 156 Å². The fraction of sp³-hybridized carbons (Fsp3) is 0.375. The molecule has 0 aliphatic rings. The molecule has 0 spiro atoms. The second-order valence-electron chi connectivity index (χ2n) is 5.03. The molecule has 0 atom stereocenters. The van der Waals surface area contributed by atoms with Gasteiger partial charge in [-0.2, -0.15) is 5.10 Å². The fourth-order valence-corrected chi connectivity index (χ4v) is 2.55. The highest BCUT2D eigenvalue weighted by molar-refractivity contribution is 9.10. The van der Waals surface area contributed by atoms with Crippen LogP contribution in [0.3, 0.4) is 0 Å². The van der Waals surface area contributed by atoms with E-state index in [1.165, 1.54) is 0 Å². The van der Waals surface area contributed by atoms with Gasteiger partial charge in [-0.1, -0.05) is 22.0 Å². The van der Waals surface area contributed by atoms with Gasteiger partial charge in [0.25, 0.3) is 5.91 Å². The van der Waals surface area contributed by atoms with Gasteiger partial charge in [0.15, 0.2) is 0 Å². The average molecular weight is 418 g/mol. The minimum absolute atomic E-state index is 0. The molecule has 8 heteroatoms. The third-order valence-electron chi connectivity index (χ3n) is 3.38. The van der Waals surface area contributed by atoms with Gasteiger partial charge in [-0.3, -0.25) is 4.79 Å². The summed E-state index contributed by atoms with van der Waals surface area (Å²) in [5.41, 5.74) is 2.31. The van der Waals surface area contributed by atoms with Crippen LogP contribution in [0.25, 0.3) is 5.69 Å². The number of hydrogen-bond acceptors (Lipinski definition) is 4. The summed E-state index contributed by atoms with van der Waals surface area (Å²) in [6.45, 7) is 4.58. The average Bonchev–Trinajstić information content (AvgIpc) is 2.92. The zero-order chi connectivity index (χ0) is 16.7.